The minimum absolute atomic E-state index is 0.0319. The average Bonchev–Trinajstić information content (AvgIpc) is 3.08. The Morgan fingerprint density at radius 2 is 0.960 bits per heavy atom. The summed E-state index contributed by atoms with van der Waals surface area (Å²) < 4.78 is 10.2. The van der Waals surface area contributed by atoms with Crippen LogP contribution in [0.5, 0.6) is 0 Å². The van der Waals surface area contributed by atoms with Crippen molar-refractivity contribution in [3.8, 4) is 0 Å². The summed E-state index contributed by atoms with van der Waals surface area (Å²) in [5, 5.41) is 40.1. The molecule has 0 aromatic rings. The third-order valence-electron chi connectivity index (χ3n) is 8.61. The highest BCUT2D eigenvalue weighted by atomic mass is 16.6. The molecule has 0 amide bonds. The third kappa shape index (κ3) is 34.2. The van der Waals surface area contributed by atoms with E-state index in [1.165, 1.54) is 76.7 Å². The average molecular weight is 707 g/mol. The molecule has 0 aromatic carbocycles. The third-order valence-corrected chi connectivity index (χ3v) is 8.61. The Morgan fingerprint density at radius 1 is 0.520 bits per heavy atom. The van der Waals surface area contributed by atoms with Crippen LogP contribution < -0.4 is 0 Å². The topological polar surface area (TPSA) is 134 Å². The van der Waals surface area contributed by atoms with E-state index in [2.05, 4.69) is 20.8 Å². The van der Waals surface area contributed by atoms with Gasteiger partial charge >= 0.3 is 11.9 Å². The molecule has 4 N–H and O–H groups in total. The number of ether oxygens (including phenoxy) is 2. The van der Waals surface area contributed by atoms with Crippen LogP contribution in [0, 0.1) is 5.92 Å². The van der Waals surface area contributed by atoms with E-state index in [9.17, 15) is 30.0 Å². The molecule has 0 aliphatic rings. The molecule has 0 spiro atoms. The molecule has 0 rings (SSSR count). The molecule has 8 heteroatoms. The Balaban J connectivity index is 3.76. The highest BCUT2D eigenvalue weighted by molar-refractivity contribution is 5.69. The number of unbranched alkanes of at least 4 members (excludes halogenated alkanes) is 14. The molecule has 0 heterocycles. The Morgan fingerprint density at radius 3 is 1.48 bits per heavy atom. The number of aliphatic hydroxyl groups is 4. The summed E-state index contributed by atoms with van der Waals surface area (Å²) in [6.45, 7) is 6.24. The number of carbonyl (C=O) groups excluding carboxylic acids is 2. The predicted octanol–water partition coefficient (Wildman–Crippen LogP) is 9.00. The molecule has 0 bridgehead atoms. The van der Waals surface area contributed by atoms with Crippen molar-refractivity contribution in [1.29, 1.82) is 0 Å². The zero-order valence-electron chi connectivity index (χ0n) is 31.9. The standard InChI is InChI=1S/C42H74O8/c1-4-5-21-28-37(43)29-23-18-15-16-19-24-30-39(45)40(46)31-26-33-42(48)50-35-38(44)34-49-41(47)32-25-20-14-12-10-8-6-7-9-11-13-17-22-27-36(2)3/h15-16,18-19,23-24,29-30,36-40,43-46H,4-14,17,20-22,25-28,31-35H2,1-3H3/b18-15-,19-16+,29-23+,30-24+/t37-,38-,39-,40-/m1/s1. The van der Waals surface area contributed by atoms with Crippen LogP contribution in [0.4, 0.5) is 0 Å². The number of allylic oxidation sites excluding steroid dienone is 6. The van der Waals surface area contributed by atoms with Crippen LogP contribution in [0.1, 0.15) is 162 Å². The molecule has 0 radical (unpaired) electrons. The van der Waals surface area contributed by atoms with Crippen LogP contribution in [0.2, 0.25) is 0 Å². The lowest BCUT2D eigenvalue weighted by molar-refractivity contribution is -0.152. The van der Waals surface area contributed by atoms with Gasteiger partial charge in [0.2, 0.25) is 0 Å². The lowest BCUT2D eigenvalue weighted by Crippen LogP contribution is -2.26. The Labute approximate surface area is 305 Å². The predicted molar refractivity (Wildman–Crippen MR) is 205 cm³/mol. The minimum atomic E-state index is -1.09. The van der Waals surface area contributed by atoms with E-state index < -0.39 is 30.4 Å². The number of carbonyl (C=O) groups is 2. The fraction of sp³-hybridized carbons (Fsp3) is 0.762. The zero-order valence-corrected chi connectivity index (χ0v) is 31.9. The summed E-state index contributed by atoms with van der Waals surface area (Å²) >= 11 is 0. The van der Waals surface area contributed by atoms with E-state index in [1.807, 2.05) is 6.08 Å². The van der Waals surface area contributed by atoms with Crippen molar-refractivity contribution < 1.29 is 39.5 Å². The molecule has 0 aliphatic carbocycles. The minimum Gasteiger partial charge on any atom is -0.463 e. The van der Waals surface area contributed by atoms with Crippen molar-refractivity contribution in [2.75, 3.05) is 13.2 Å². The first kappa shape index (κ1) is 47.7. The second-order valence-corrected chi connectivity index (χ2v) is 14.1. The van der Waals surface area contributed by atoms with E-state index in [-0.39, 0.29) is 32.0 Å². The Hall–Kier alpha value is -2.26. The molecule has 0 saturated heterocycles. The van der Waals surface area contributed by atoms with Gasteiger partial charge in [0, 0.05) is 12.8 Å². The van der Waals surface area contributed by atoms with Crippen LogP contribution in [-0.2, 0) is 19.1 Å². The number of hydrogen-bond acceptors (Lipinski definition) is 8. The van der Waals surface area contributed by atoms with Crippen molar-refractivity contribution in [3.63, 3.8) is 0 Å². The normalized spacial score (nSPS) is 14.7. The first-order chi connectivity index (χ1) is 24.1. The molecule has 0 saturated carbocycles. The number of hydrogen-bond donors (Lipinski definition) is 4. The maximum Gasteiger partial charge on any atom is 0.305 e. The zero-order chi connectivity index (χ0) is 37.1. The van der Waals surface area contributed by atoms with E-state index >= 15 is 0 Å². The smallest absolute Gasteiger partial charge is 0.305 e. The maximum atomic E-state index is 12.0. The van der Waals surface area contributed by atoms with Gasteiger partial charge in [0.25, 0.3) is 0 Å². The van der Waals surface area contributed by atoms with Gasteiger partial charge in [-0.15, -0.1) is 0 Å². The van der Waals surface area contributed by atoms with E-state index in [0.29, 0.717) is 12.8 Å². The van der Waals surface area contributed by atoms with Gasteiger partial charge in [-0.3, -0.25) is 9.59 Å². The first-order valence-electron chi connectivity index (χ1n) is 19.9. The molecule has 290 valence electrons. The van der Waals surface area contributed by atoms with Crippen molar-refractivity contribution in [2.45, 2.75) is 186 Å². The molecule has 0 unspecified atom stereocenters. The summed E-state index contributed by atoms with van der Waals surface area (Å²) in [7, 11) is 0. The summed E-state index contributed by atoms with van der Waals surface area (Å²) in [4.78, 5) is 24.0. The highest BCUT2D eigenvalue weighted by Crippen LogP contribution is 2.15. The second-order valence-electron chi connectivity index (χ2n) is 14.1. The molecule has 8 nitrogen and oxygen atoms in total. The van der Waals surface area contributed by atoms with Crippen LogP contribution in [0.3, 0.4) is 0 Å². The Bertz CT molecular complexity index is 909. The van der Waals surface area contributed by atoms with Gasteiger partial charge < -0.3 is 29.9 Å². The highest BCUT2D eigenvalue weighted by Gasteiger charge is 2.15. The van der Waals surface area contributed by atoms with Gasteiger partial charge in [0.05, 0.1) is 18.3 Å². The maximum absolute atomic E-state index is 12.0. The quantitative estimate of drug-likeness (QED) is 0.0296. The number of esters is 2. The largest absolute Gasteiger partial charge is 0.463 e. The lowest BCUT2D eigenvalue weighted by atomic mass is 10.0. The van der Waals surface area contributed by atoms with Gasteiger partial charge in [-0.1, -0.05) is 172 Å². The Kier molecular flexibility index (Phi) is 33.6. The lowest BCUT2D eigenvalue weighted by Gasteiger charge is -2.14. The molecule has 0 aliphatic heterocycles. The number of rotatable bonds is 34. The van der Waals surface area contributed by atoms with Crippen molar-refractivity contribution in [3.05, 3.63) is 48.6 Å². The summed E-state index contributed by atoms with van der Waals surface area (Å²) in [6, 6.07) is 0. The summed E-state index contributed by atoms with van der Waals surface area (Å²) in [5.41, 5.74) is 0. The van der Waals surface area contributed by atoms with Crippen LogP contribution in [-0.4, -0.2) is 70.0 Å². The SMILES string of the molecule is CCCCC[C@@H](O)/C=C/C=C\C=C\C=C\[C@@H](O)[C@H](O)CCCC(=O)OC[C@H](O)COC(=O)CCCCCCCCCCCCCCCC(C)C. The van der Waals surface area contributed by atoms with Crippen molar-refractivity contribution >= 4 is 11.9 Å². The van der Waals surface area contributed by atoms with Gasteiger partial charge in [0.15, 0.2) is 0 Å². The molecule has 4 atom stereocenters. The monoisotopic (exact) mass is 707 g/mol. The van der Waals surface area contributed by atoms with Gasteiger partial charge in [-0.2, -0.15) is 0 Å². The first-order valence-corrected chi connectivity index (χ1v) is 19.9. The number of aliphatic hydroxyl groups excluding tert-OH is 4. The molecule has 0 aromatic heterocycles. The van der Waals surface area contributed by atoms with Gasteiger partial charge in [-0.25, -0.2) is 0 Å². The van der Waals surface area contributed by atoms with Gasteiger partial charge in [0.1, 0.15) is 19.3 Å². The second kappa shape index (κ2) is 35.2. The van der Waals surface area contributed by atoms with Crippen molar-refractivity contribution in [2.24, 2.45) is 5.92 Å². The summed E-state index contributed by atoms with van der Waals surface area (Å²) in [6.07, 6.45) is 32.6. The fourth-order valence-electron chi connectivity index (χ4n) is 5.42. The van der Waals surface area contributed by atoms with Crippen LogP contribution in [0.25, 0.3) is 0 Å². The summed E-state index contributed by atoms with van der Waals surface area (Å²) in [5.74, 6) is -0.0531. The van der Waals surface area contributed by atoms with E-state index in [1.54, 1.807) is 36.5 Å². The van der Waals surface area contributed by atoms with E-state index in [0.717, 1.165) is 50.9 Å². The molecule has 0 fully saturated rings. The van der Waals surface area contributed by atoms with E-state index in [4.69, 9.17) is 9.47 Å². The molecular formula is C42H74O8. The molecular weight excluding hydrogens is 632 g/mol. The molecule has 50 heavy (non-hydrogen) atoms. The van der Waals surface area contributed by atoms with Crippen LogP contribution >= 0.6 is 0 Å². The van der Waals surface area contributed by atoms with Gasteiger partial charge in [-0.05, 0) is 31.6 Å². The van der Waals surface area contributed by atoms with Crippen LogP contribution in [0.15, 0.2) is 48.6 Å². The fourth-order valence-corrected chi connectivity index (χ4v) is 5.42. The van der Waals surface area contributed by atoms with Crippen molar-refractivity contribution in [1.82, 2.24) is 0 Å².